The maximum absolute atomic E-state index is 12.2. The molecule has 0 saturated heterocycles. The Morgan fingerprint density at radius 2 is 1.87 bits per heavy atom. The number of carbonyl (C=O) groups excluding carboxylic acids is 1. The van der Waals surface area contributed by atoms with Crippen LogP contribution in [-0.4, -0.2) is 32.5 Å². The highest BCUT2D eigenvalue weighted by molar-refractivity contribution is 14.1. The smallest absolute Gasteiger partial charge is 0.460 e. The highest BCUT2D eigenvalue weighted by atomic mass is 127. The first kappa shape index (κ1) is 21.6. The van der Waals surface area contributed by atoms with Crippen molar-refractivity contribution >= 4 is 83.8 Å². The lowest BCUT2D eigenvalue weighted by molar-refractivity contribution is -0.0452. The Labute approximate surface area is 171 Å². The second-order valence-electron chi connectivity index (χ2n) is 4.32. The molecule has 1 N–H and O–H groups in total. The van der Waals surface area contributed by atoms with Gasteiger partial charge < -0.3 is 4.74 Å². The molecule has 0 amide bonds. The Morgan fingerprint density at radius 3 is 2.39 bits per heavy atom. The quantitative estimate of drug-likeness (QED) is 0.292. The van der Waals surface area contributed by atoms with Crippen LogP contribution in [0.25, 0.3) is 0 Å². The standard InChI is InChI=1S/C11H9F3I3NO4S/c1-5(18-23(20,21)11(12,13)14)4-22-10(19)7-2-6(15)3-8(16)9(7)17/h2-3,5,18H,4H2,1H3. The zero-order valence-electron chi connectivity index (χ0n) is 11.2. The van der Waals surface area contributed by atoms with Gasteiger partial charge in [-0.2, -0.15) is 13.2 Å². The fourth-order valence-corrected chi connectivity index (χ4v) is 4.46. The van der Waals surface area contributed by atoms with E-state index in [4.69, 9.17) is 4.74 Å². The van der Waals surface area contributed by atoms with Gasteiger partial charge in [-0.1, -0.05) is 0 Å². The maximum atomic E-state index is 12.2. The maximum Gasteiger partial charge on any atom is 0.511 e. The molecule has 0 aliphatic carbocycles. The van der Waals surface area contributed by atoms with Gasteiger partial charge in [0.1, 0.15) is 6.61 Å². The first-order valence-electron chi connectivity index (χ1n) is 5.75. The molecule has 0 heterocycles. The monoisotopic (exact) mass is 689 g/mol. The van der Waals surface area contributed by atoms with Gasteiger partial charge in [-0.15, -0.1) is 0 Å². The van der Waals surface area contributed by atoms with Crippen molar-refractivity contribution in [3.8, 4) is 0 Å². The third kappa shape index (κ3) is 6.10. The summed E-state index contributed by atoms with van der Waals surface area (Å²) in [6.45, 7) is 0.645. The minimum absolute atomic E-state index is 0.271. The van der Waals surface area contributed by atoms with Gasteiger partial charge in [0.15, 0.2) is 0 Å². The SMILES string of the molecule is CC(COC(=O)c1cc(I)cc(I)c1I)NS(=O)(=O)C(F)(F)F. The summed E-state index contributed by atoms with van der Waals surface area (Å²) in [6.07, 6.45) is 0. The van der Waals surface area contributed by atoms with Crippen molar-refractivity contribution in [3.63, 3.8) is 0 Å². The van der Waals surface area contributed by atoms with Crippen LogP contribution >= 0.6 is 67.8 Å². The Bertz CT molecular complexity index is 709. The molecule has 0 bridgehead atoms. The van der Waals surface area contributed by atoms with Crippen LogP contribution in [0.4, 0.5) is 13.2 Å². The normalized spacial score (nSPS) is 13.7. The van der Waals surface area contributed by atoms with Gasteiger partial charge >= 0.3 is 21.5 Å². The fourth-order valence-electron chi connectivity index (χ4n) is 1.35. The van der Waals surface area contributed by atoms with Crippen LogP contribution in [0, 0.1) is 10.7 Å². The summed E-state index contributed by atoms with van der Waals surface area (Å²) in [5, 5.41) is 0. The number of sulfonamides is 1. The minimum atomic E-state index is -5.48. The number of rotatable bonds is 5. The summed E-state index contributed by atoms with van der Waals surface area (Å²) in [4.78, 5) is 12.0. The van der Waals surface area contributed by atoms with E-state index in [2.05, 4.69) is 0 Å². The molecule has 0 spiro atoms. The van der Waals surface area contributed by atoms with Gasteiger partial charge in [-0.05, 0) is 86.8 Å². The number of carbonyl (C=O) groups is 1. The van der Waals surface area contributed by atoms with Gasteiger partial charge in [-0.25, -0.2) is 17.9 Å². The highest BCUT2D eigenvalue weighted by Gasteiger charge is 2.46. The van der Waals surface area contributed by atoms with E-state index in [0.717, 1.165) is 7.14 Å². The highest BCUT2D eigenvalue weighted by Crippen LogP contribution is 2.24. The zero-order valence-corrected chi connectivity index (χ0v) is 18.5. The lowest BCUT2D eigenvalue weighted by atomic mass is 10.2. The third-order valence-electron chi connectivity index (χ3n) is 2.34. The molecule has 1 rings (SSSR count). The molecule has 0 saturated carbocycles. The molecule has 0 fully saturated rings. The predicted octanol–water partition coefficient (Wildman–Crippen LogP) is 3.48. The molecule has 0 aliphatic heterocycles. The molecule has 1 aromatic rings. The summed E-state index contributed by atoms with van der Waals surface area (Å²) < 4.78 is 67.2. The van der Waals surface area contributed by atoms with E-state index in [1.165, 1.54) is 11.6 Å². The van der Waals surface area contributed by atoms with Gasteiger partial charge in [0.25, 0.3) is 0 Å². The molecule has 0 radical (unpaired) electrons. The number of halogens is 6. The van der Waals surface area contributed by atoms with Crippen LogP contribution in [0.3, 0.4) is 0 Å². The van der Waals surface area contributed by atoms with Crippen LogP contribution < -0.4 is 4.72 Å². The Hall–Kier alpha value is 0.580. The van der Waals surface area contributed by atoms with Crippen molar-refractivity contribution in [1.82, 2.24) is 4.72 Å². The van der Waals surface area contributed by atoms with E-state index >= 15 is 0 Å². The number of hydrogen-bond acceptors (Lipinski definition) is 4. The topological polar surface area (TPSA) is 72.5 Å². The first-order valence-corrected chi connectivity index (χ1v) is 10.5. The number of benzene rings is 1. The van der Waals surface area contributed by atoms with E-state index in [9.17, 15) is 26.4 Å². The summed E-state index contributed by atoms with van der Waals surface area (Å²) in [6, 6.07) is 2.21. The van der Waals surface area contributed by atoms with Gasteiger partial charge in [0.05, 0.1) is 11.6 Å². The molecule has 5 nitrogen and oxygen atoms in total. The third-order valence-corrected chi connectivity index (χ3v) is 7.33. The number of esters is 1. The molecular weight excluding hydrogens is 680 g/mol. The summed E-state index contributed by atoms with van der Waals surface area (Å²) in [5.74, 6) is -0.733. The molecule has 23 heavy (non-hydrogen) atoms. The summed E-state index contributed by atoms with van der Waals surface area (Å²) in [7, 11) is -5.48. The van der Waals surface area contributed by atoms with Gasteiger partial charge in [0.2, 0.25) is 0 Å². The van der Waals surface area contributed by atoms with Crippen molar-refractivity contribution < 1.29 is 31.1 Å². The lowest BCUT2D eigenvalue weighted by Crippen LogP contribution is -2.43. The Kier molecular flexibility index (Phi) is 7.81. The molecule has 1 aromatic carbocycles. The Balaban J connectivity index is 2.74. The molecule has 1 atom stereocenters. The molecule has 0 aliphatic rings. The van der Waals surface area contributed by atoms with E-state index in [1.807, 2.05) is 73.8 Å². The van der Waals surface area contributed by atoms with Gasteiger partial charge in [-0.3, -0.25) is 0 Å². The van der Waals surface area contributed by atoms with Crippen LogP contribution in [-0.2, 0) is 14.8 Å². The lowest BCUT2D eigenvalue weighted by Gasteiger charge is -2.16. The van der Waals surface area contributed by atoms with Crippen molar-refractivity contribution in [3.05, 3.63) is 28.4 Å². The summed E-state index contributed by atoms with van der Waals surface area (Å²) >= 11 is 6.01. The number of alkyl halides is 3. The number of nitrogens with one attached hydrogen (secondary N) is 1. The molecular formula is C11H9F3I3NO4S. The van der Waals surface area contributed by atoms with E-state index in [0.29, 0.717) is 3.57 Å². The largest absolute Gasteiger partial charge is 0.511 e. The van der Waals surface area contributed by atoms with E-state index in [1.54, 1.807) is 6.07 Å². The second kappa shape index (κ2) is 8.31. The molecule has 130 valence electrons. The zero-order chi connectivity index (χ0) is 18.0. The van der Waals surface area contributed by atoms with Crippen molar-refractivity contribution in [2.45, 2.75) is 18.5 Å². The van der Waals surface area contributed by atoms with Crippen LogP contribution in [0.15, 0.2) is 12.1 Å². The van der Waals surface area contributed by atoms with Crippen molar-refractivity contribution in [2.75, 3.05) is 6.61 Å². The predicted molar refractivity (Wildman–Crippen MR) is 102 cm³/mol. The average molecular weight is 689 g/mol. The molecule has 1 unspecified atom stereocenters. The minimum Gasteiger partial charge on any atom is -0.460 e. The van der Waals surface area contributed by atoms with Crippen LogP contribution in [0.2, 0.25) is 0 Å². The van der Waals surface area contributed by atoms with Crippen LogP contribution in [0.5, 0.6) is 0 Å². The van der Waals surface area contributed by atoms with Crippen molar-refractivity contribution in [2.24, 2.45) is 0 Å². The van der Waals surface area contributed by atoms with Crippen molar-refractivity contribution in [1.29, 1.82) is 0 Å². The van der Waals surface area contributed by atoms with Gasteiger partial charge in [0, 0.05) is 10.7 Å². The molecule has 12 heteroatoms. The number of ether oxygens (including phenoxy) is 1. The average Bonchev–Trinajstić information content (AvgIpc) is 2.38. The first-order chi connectivity index (χ1) is 10.3. The summed E-state index contributed by atoms with van der Waals surface area (Å²) in [5.41, 5.74) is -5.14. The van der Waals surface area contributed by atoms with E-state index < -0.39 is 34.1 Å². The van der Waals surface area contributed by atoms with Crippen LogP contribution in [0.1, 0.15) is 17.3 Å². The second-order valence-corrected chi connectivity index (χ2v) is 9.51. The molecule has 0 aromatic heterocycles. The Morgan fingerprint density at radius 1 is 1.30 bits per heavy atom. The van der Waals surface area contributed by atoms with E-state index in [-0.39, 0.29) is 5.56 Å². The number of hydrogen-bond donors (Lipinski definition) is 1. The fraction of sp³-hybridized carbons (Fsp3) is 0.364.